The van der Waals surface area contributed by atoms with E-state index in [1.165, 1.54) is 22.3 Å². The molecule has 0 atom stereocenters. The Hall–Kier alpha value is -4.18. The molecule has 36 heavy (non-hydrogen) atoms. The van der Waals surface area contributed by atoms with Gasteiger partial charge in [0.15, 0.2) is 0 Å². The van der Waals surface area contributed by atoms with E-state index in [2.05, 4.69) is 109 Å². The third-order valence-corrected chi connectivity index (χ3v) is 6.22. The molecule has 0 saturated carbocycles. The summed E-state index contributed by atoms with van der Waals surface area (Å²) in [4.78, 5) is 9.28. The topological polar surface area (TPSA) is 48.8 Å². The second kappa shape index (κ2) is 12.0. The van der Waals surface area contributed by atoms with E-state index in [0.29, 0.717) is 13.1 Å². The van der Waals surface area contributed by atoms with E-state index in [1.807, 2.05) is 36.7 Å². The highest BCUT2D eigenvalue weighted by Gasteiger charge is 2.06. The lowest BCUT2D eigenvalue weighted by Crippen LogP contribution is -2.00. The third kappa shape index (κ3) is 6.28. The van der Waals surface area contributed by atoms with Crippen LogP contribution in [0.25, 0.3) is 0 Å². The van der Waals surface area contributed by atoms with Gasteiger partial charge < -0.3 is 10.6 Å². The molecule has 0 aliphatic rings. The van der Waals surface area contributed by atoms with Crippen molar-refractivity contribution in [1.82, 2.24) is 0 Å². The molecule has 4 nitrogen and oxygen atoms in total. The Kier molecular flexibility index (Phi) is 8.30. The maximum atomic E-state index is 4.64. The summed E-state index contributed by atoms with van der Waals surface area (Å²) in [6.45, 7) is 9.75. The minimum absolute atomic E-state index is 0.626. The molecule has 4 heteroatoms. The minimum atomic E-state index is 0.626. The molecule has 0 spiro atoms. The summed E-state index contributed by atoms with van der Waals surface area (Å²) in [7, 11) is 0. The number of anilines is 4. The normalized spacial score (nSPS) is 11.3. The van der Waals surface area contributed by atoms with Crippen molar-refractivity contribution in [2.45, 2.75) is 27.7 Å². The highest BCUT2D eigenvalue weighted by atomic mass is 14.9. The van der Waals surface area contributed by atoms with Crippen LogP contribution in [0.5, 0.6) is 0 Å². The van der Waals surface area contributed by atoms with Crippen molar-refractivity contribution in [3.05, 3.63) is 118 Å². The molecule has 182 valence electrons. The van der Waals surface area contributed by atoms with E-state index < -0.39 is 0 Å². The van der Waals surface area contributed by atoms with E-state index in [0.717, 1.165) is 33.9 Å². The second-order valence-corrected chi connectivity index (χ2v) is 9.03. The zero-order valence-electron chi connectivity index (χ0n) is 21.5. The van der Waals surface area contributed by atoms with E-state index in [4.69, 9.17) is 0 Å². The van der Waals surface area contributed by atoms with E-state index >= 15 is 0 Å². The van der Waals surface area contributed by atoms with Gasteiger partial charge >= 0.3 is 0 Å². The van der Waals surface area contributed by atoms with Gasteiger partial charge in [0.25, 0.3) is 0 Å². The molecule has 0 radical (unpaired) electrons. The molecule has 4 aromatic rings. The summed E-state index contributed by atoms with van der Waals surface area (Å²) in [5, 5.41) is 7.18. The number of aryl methyl sites for hydroxylation is 4. The molecule has 0 heterocycles. The lowest BCUT2D eigenvalue weighted by atomic mass is 10.1. The lowest BCUT2D eigenvalue weighted by molar-refractivity contribution is 0.985. The molecule has 0 aliphatic carbocycles. The highest BCUT2D eigenvalue weighted by molar-refractivity contribution is 5.90. The van der Waals surface area contributed by atoms with Gasteiger partial charge in [-0.05, 0) is 62.1 Å². The largest absolute Gasteiger partial charge is 0.355 e. The Labute approximate surface area is 214 Å². The van der Waals surface area contributed by atoms with Gasteiger partial charge in [-0.25, -0.2) is 0 Å². The van der Waals surface area contributed by atoms with Crippen LogP contribution >= 0.6 is 0 Å². The van der Waals surface area contributed by atoms with Gasteiger partial charge in [-0.1, -0.05) is 72.8 Å². The van der Waals surface area contributed by atoms with Crippen molar-refractivity contribution in [2.24, 2.45) is 9.98 Å². The summed E-state index contributed by atoms with van der Waals surface area (Å²) < 4.78 is 0. The fourth-order valence-electron chi connectivity index (χ4n) is 4.18. The van der Waals surface area contributed by atoms with Crippen LogP contribution in [0.3, 0.4) is 0 Å². The van der Waals surface area contributed by atoms with Crippen LogP contribution in [-0.2, 0) is 0 Å². The molecule has 4 rings (SSSR count). The van der Waals surface area contributed by atoms with Crippen LogP contribution in [0.15, 0.2) is 94.9 Å². The number of aliphatic imine (C=N–C) groups is 2. The highest BCUT2D eigenvalue weighted by Crippen LogP contribution is 2.27. The zero-order chi connectivity index (χ0) is 25.3. The van der Waals surface area contributed by atoms with Crippen LogP contribution in [0.2, 0.25) is 0 Å². The molecule has 0 bridgehead atoms. The molecule has 0 saturated heterocycles. The van der Waals surface area contributed by atoms with Gasteiger partial charge in [0.2, 0.25) is 0 Å². The van der Waals surface area contributed by atoms with Crippen LogP contribution in [0.1, 0.15) is 33.4 Å². The zero-order valence-corrected chi connectivity index (χ0v) is 21.5. The first-order valence-corrected chi connectivity index (χ1v) is 12.4. The second-order valence-electron chi connectivity index (χ2n) is 9.03. The number of hydrogen-bond acceptors (Lipinski definition) is 4. The number of para-hydroxylation sites is 4. The Balaban J connectivity index is 1.39. The molecule has 0 unspecified atom stereocenters. The smallest absolute Gasteiger partial charge is 0.0585 e. The first-order valence-electron chi connectivity index (χ1n) is 12.4. The van der Waals surface area contributed by atoms with E-state index in [-0.39, 0.29) is 0 Å². The number of hydrogen-bond donors (Lipinski definition) is 2. The quantitative estimate of drug-likeness (QED) is 0.191. The summed E-state index contributed by atoms with van der Waals surface area (Å²) in [5.74, 6) is 0. The third-order valence-electron chi connectivity index (χ3n) is 6.22. The maximum absolute atomic E-state index is 4.64. The van der Waals surface area contributed by atoms with Crippen molar-refractivity contribution in [1.29, 1.82) is 0 Å². The number of benzene rings is 4. The van der Waals surface area contributed by atoms with E-state index in [1.54, 1.807) is 0 Å². The minimum Gasteiger partial charge on any atom is -0.355 e. The Morgan fingerprint density at radius 3 is 1.25 bits per heavy atom. The van der Waals surface area contributed by atoms with Gasteiger partial charge in [-0.15, -0.1) is 0 Å². The van der Waals surface area contributed by atoms with Crippen LogP contribution < -0.4 is 10.6 Å². The van der Waals surface area contributed by atoms with Gasteiger partial charge in [0, 0.05) is 46.3 Å². The molecule has 0 fully saturated rings. The number of rotatable bonds is 9. The summed E-state index contributed by atoms with van der Waals surface area (Å²) in [5.41, 5.74) is 11.4. The molecule has 0 aromatic heterocycles. The van der Waals surface area contributed by atoms with Gasteiger partial charge in [-0.2, -0.15) is 0 Å². The summed E-state index contributed by atoms with van der Waals surface area (Å²) in [6.07, 6.45) is 3.86. The first kappa shape index (κ1) is 24.9. The number of nitrogens with zero attached hydrogens (tertiary/aromatic N) is 2. The lowest BCUT2D eigenvalue weighted by Gasteiger charge is -2.14. The van der Waals surface area contributed by atoms with Crippen molar-refractivity contribution in [3.8, 4) is 0 Å². The maximum Gasteiger partial charge on any atom is 0.0585 e. The molecular weight excluding hydrogens is 440 g/mol. The van der Waals surface area contributed by atoms with Crippen molar-refractivity contribution in [2.75, 3.05) is 23.7 Å². The fraction of sp³-hybridized carbons (Fsp3) is 0.188. The van der Waals surface area contributed by atoms with Crippen molar-refractivity contribution in [3.63, 3.8) is 0 Å². The average molecular weight is 475 g/mol. The average Bonchev–Trinajstić information content (AvgIpc) is 2.87. The molecule has 4 aromatic carbocycles. The predicted molar refractivity (Wildman–Crippen MR) is 156 cm³/mol. The van der Waals surface area contributed by atoms with Crippen LogP contribution in [-0.4, -0.2) is 25.5 Å². The molecular formula is C32H34N4. The summed E-state index contributed by atoms with van der Waals surface area (Å²) >= 11 is 0. The summed E-state index contributed by atoms with van der Waals surface area (Å²) in [6, 6.07) is 29.2. The predicted octanol–water partition coefficient (Wildman–Crippen LogP) is 7.95. The van der Waals surface area contributed by atoms with E-state index in [9.17, 15) is 0 Å². The standard InChI is InChI=1S/C32H34N4/c1-23-11-9-12-24(2)31(23)35-29-17-7-5-15-27(29)21-33-19-20-34-22-28-16-6-8-18-30(28)36-32-25(3)13-10-14-26(32)4/h5-18,21-22,35-36H,19-20H2,1-4H3. The van der Waals surface area contributed by atoms with Crippen molar-refractivity contribution < 1.29 is 0 Å². The molecule has 2 N–H and O–H groups in total. The van der Waals surface area contributed by atoms with Gasteiger partial charge in [0.1, 0.15) is 0 Å². The molecule has 0 aliphatic heterocycles. The van der Waals surface area contributed by atoms with Gasteiger partial charge in [0.05, 0.1) is 13.1 Å². The Bertz CT molecular complexity index is 1240. The Morgan fingerprint density at radius 1 is 0.500 bits per heavy atom. The van der Waals surface area contributed by atoms with Crippen LogP contribution in [0, 0.1) is 27.7 Å². The van der Waals surface area contributed by atoms with Gasteiger partial charge in [-0.3, -0.25) is 9.98 Å². The fourth-order valence-corrected chi connectivity index (χ4v) is 4.18. The van der Waals surface area contributed by atoms with Crippen LogP contribution in [0.4, 0.5) is 22.7 Å². The Morgan fingerprint density at radius 2 is 0.861 bits per heavy atom. The monoisotopic (exact) mass is 474 g/mol. The SMILES string of the molecule is Cc1cccc(C)c1Nc1ccccc1C=NCCN=Cc1ccccc1Nc1c(C)cccc1C. The first-order chi connectivity index (χ1) is 17.5. The number of nitrogens with one attached hydrogen (secondary N) is 2. The molecule has 0 amide bonds. The van der Waals surface area contributed by atoms with Crippen molar-refractivity contribution >= 4 is 35.2 Å².